The number of hydrogen-bond donors (Lipinski definition) is 4. The molecule has 5 N–H and O–H groups in total. The van der Waals surface area contributed by atoms with E-state index in [9.17, 15) is 14.3 Å². The van der Waals surface area contributed by atoms with Crippen molar-refractivity contribution >= 4 is 24.5 Å². The summed E-state index contributed by atoms with van der Waals surface area (Å²) in [5, 5.41) is 10.4. The molecule has 0 amide bonds. The Kier molecular flexibility index (Phi) is 3.47. The number of nitrogens with one attached hydrogen (secondary N) is 1. The first kappa shape index (κ1) is 11.7. The Labute approximate surface area is 86.2 Å². The molecule has 1 unspecified atom stereocenters. The topological polar surface area (TPSA) is 113 Å². The zero-order chi connectivity index (χ0) is 11.5. The van der Waals surface area contributed by atoms with E-state index in [0.29, 0.717) is 0 Å². The first-order chi connectivity index (χ1) is 6.93. The summed E-state index contributed by atoms with van der Waals surface area (Å²) in [5.41, 5.74) is 5.65. The summed E-state index contributed by atoms with van der Waals surface area (Å²) in [6, 6.07) is 6.03. The predicted molar refractivity (Wildman–Crippen MR) is 56.0 cm³/mol. The summed E-state index contributed by atoms with van der Waals surface area (Å²) in [6.07, 6.45) is 0. The summed E-state index contributed by atoms with van der Waals surface area (Å²) in [7, 11) is -3.89. The van der Waals surface area contributed by atoms with Gasteiger partial charge in [0, 0.05) is 5.69 Å². The summed E-state index contributed by atoms with van der Waals surface area (Å²) >= 11 is 0. The van der Waals surface area contributed by atoms with E-state index in [-0.39, 0.29) is 11.0 Å². The van der Waals surface area contributed by atoms with Crippen LogP contribution in [0.4, 0.5) is 5.69 Å². The van der Waals surface area contributed by atoms with Crippen molar-refractivity contribution in [1.29, 1.82) is 0 Å². The van der Waals surface area contributed by atoms with Crippen molar-refractivity contribution in [3.8, 4) is 0 Å². The smallest absolute Gasteiger partial charge is 0.317 e. The molecule has 0 aliphatic rings. The Morgan fingerprint density at radius 2 is 2.07 bits per heavy atom. The van der Waals surface area contributed by atoms with Crippen LogP contribution in [-0.2, 0) is 9.36 Å². The lowest BCUT2D eigenvalue weighted by atomic mass is 10.3. The Bertz CT molecular complexity index is 421. The Hall–Kier alpha value is -1.36. The number of benzene rings is 1. The van der Waals surface area contributed by atoms with Gasteiger partial charge in [-0.05, 0) is 12.1 Å². The molecule has 0 radical (unpaired) electrons. The quantitative estimate of drug-likeness (QED) is 0.419. The molecule has 0 saturated carbocycles. The molecule has 0 aliphatic carbocycles. The van der Waals surface area contributed by atoms with Gasteiger partial charge in [-0.2, -0.15) is 0 Å². The first-order valence-corrected chi connectivity index (χ1v) is 5.74. The molecule has 1 rings (SSSR count). The van der Waals surface area contributed by atoms with E-state index in [4.69, 9.17) is 10.8 Å². The van der Waals surface area contributed by atoms with Crippen LogP contribution in [0.25, 0.3) is 0 Å². The van der Waals surface area contributed by atoms with Crippen molar-refractivity contribution in [3.05, 3.63) is 24.3 Å². The van der Waals surface area contributed by atoms with Crippen molar-refractivity contribution in [2.45, 2.75) is 0 Å². The summed E-state index contributed by atoms with van der Waals surface area (Å²) < 4.78 is 11.6. The summed E-state index contributed by atoms with van der Waals surface area (Å²) in [5.74, 6) is -1.21. The van der Waals surface area contributed by atoms with Crippen molar-refractivity contribution in [2.75, 3.05) is 12.3 Å². The van der Waals surface area contributed by atoms with Gasteiger partial charge in [0.15, 0.2) is 0 Å². The number of hydrogen-bond acceptors (Lipinski definition) is 3. The number of carbonyl (C=O) groups is 1. The van der Waals surface area contributed by atoms with Gasteiger partial charge in [0.2, 0.25) is 0 Å². The minimum Gasteiger partial charge on any atom is -0.480 e. The Balaban J connectivity index is 2.91. The number of carboxylic acid groups (broad SMARTS) is 1. The van der Waals surface area contributed by atoms with Crippen LogP contribution in [0.5, 0.6) is 0 Å². The van der Waals surface area contributed by atoms with E-state index in [1.165, 1.54) is 12.1 Å². The highest BCUT2D eigenvalue weighted by Gasteiger charge is 2.23. The van der Waals surface area contributed by atoms with E-state index >= 15 is 0 Å². The minimum absolute atomic E-state index is 0.0197. The van der Waals surface area contributed by atoms with Crippen molar-refractivity contribution < 1.29 is 19.4 Å². The SMILES string of the molecule is Nc1ccccc1P(=O)(O)NCC(=O)O. The second kappa shape index (κ2) is 4.44. The number of nitrogens with two attached hydrogens (primary N) is 1. The van der Waals surface area contributed by atoms with E-state index in [1.807, 2.05) is 5.09 Å². The predicted octanol–water partition coefficient (Wildman–Crippen LogP) is -0.246. The number of nitrogen functional groups attached to an aromatic ring is 1. The Morgan fingerprint density at radius 1 is 1.47 bits per heavy atom. The molecule has 1 aromatic rings. The molecule has 0 spiro atoms. The van der Waals surface area contributed by atoms with E-state index in [2.05, 4.69) is 0 Å². The van der Waals surface area contributed by atoms with Crippen LogP contribution in [-0.4, -0.2) is 22.5 Å². The van der Waals surface area contributed by atoms with Gasteiger partial charge in [0.25, 0.3) is 7.52 Å². The second-order valence-electron chi connectivity index (χ2n) is 2.86. The molecule has 0 aliphatic heterocycles. The molecule has 1 aromatic carbocycles. The lowest BCUT2D eigenvalue weighted by Gasteiger charge is -2.13. The molecule has 82 valence electrons. The van der Waals surface area contributed by atoms with Crippen LogP contribution < -0.4 is 16.1 Å². The maximum Gasteiger partial charge on any atom is 0.317 e. The van der Waals surface area contributed by atoms with Gasteiger partial charge in [0.1, 0.15) is 6.54 Å². The fourth-order valence-corrected chi connectivity index (χ4v) is 2.26. The molecule has 0 heterocycles. The van der Waals surface area contributed by atoms with Crippen LogP contribution in [0.3, 0.4) is 0 Å². The van der Waals surface area contributed by atoms with Gasteiger partial charge in [0.05, 0.1) is 5.30 Å². The maximum absolute atomic E-state index is 11.6. The van der Waals surface area contributed by atoms with Crippen molar-refractivity contribution in [2.24, 2.45) is 0 Å². The van der Waals surface area contributed by atoms with Crippen molar-refractivity contribution in [3.63, 3.8) is 0 Å². The van der Waals surface area contributed by atoms with E-state index < -0.39 is 20.0 Å². The third-order valence-corrected chi connectivity index (χ3v) is 3.35. The molecule has 1 atom stereocenters. The molecule has 0 aromatic heterocycles. The fourth-order valence-electron chi connectivity index (χ4n) is 1.02. The number of para-hydroxylation sites is 1. The highest BCUT2D eigenvalue weighted by Crippen LogP contribution is 2.35. The number of carboxylic acids is 1. The molecule has 0 fully saturated rings. The van der Waals surface area contributed by atoms with Crippen molar-refractivity contribution in [1.82, 2.24) is 5.09 Å². The van der Waals surface area contributed by atoms with Crippen LogP contribution in [0.15, 0.2) is 24.3 Å². The number of aliphatic carboxylic acids is 1. The highest BCUT2D eigenvalue weighted by molar-refractivity contribution is 7.64. The van der Waals surface area contributed by atoms with E-state index in [0.717, 1.165) is 0 Å². The molecular weight excluding hydrogens is 219 g/mol. The average Bonchev–Trinajstić information content (AvgIpc) is 2.15. The van der Waals surface area contributed by atoms with Gasteiger partial charge in [-0.15, -0.1) is 0 Å². The standard InChI is InChI=1S/C8H11N2O4P/c9-6-3-1-2-4-7(6)15(13,14)10-5-8(11)12/h1-4H,5,9H2,(H,11,12)(H2,10,13,14). The molecular formula is C8H11N2O4P. The highest BCUT2D eigenvalue weighted by atomic mass is 31.2. The van der Waals surface area contributed by atoms with E-state index in [1.54, 1.807) is 12.1 Å². The number of rotatable bonds is 4. The second-order valence-corrected chi connectivity index (χ2v) is 4.81. The summed E-state index contributed by atoms with van der Waals surface area (Å²) in [4.78, 5) is 19.8. The molecule has 0 bridgehead atoms. The summed E-state index contributed by atoms with van der Waals surface area (Å²) in [6.45, 7) is -0.595. The van der Waals surface area contributed by atoms with Crippen LogP contribution >= 0.6 is 7.52 Å². The van der Waals surface area contributed by atoms with Gasteiger partial charge in [-0.1, -0.05) is 12.1 Å². The van der Waals surface area contributed by atoms with Gasteiger partial charge >= 0.3 is 5.97 Å². The monoisotopic (exact) mass is 230 g/mol. The van der Waals surface area contributed by atoms with Crippen LogP contribution in [0.2, 0.25) is 0 Å². The molecule has 6 nitrogen and oxygen atoms in total. The third-order valence-electron chi connectivity index (χ3n) is 1.71. The Morgan fingerprint density at radius 3 is 2.60 bits per heavy atom. The number of anilines is 1. The average molecular weight is 230 g/mol. The zero-order valence-electron chi connectivity index (χ0n) is 7.75. The zero-order valence-corrected chi connectivity index (χ0v) is 8.65. The lowest BCUT2D eigenvalue weighted by Crippen LogP contribution is -2.26. The van der Waals surface area contributed by atoms with Gasteiger partial charge in [-0.3, -0.25) is 9.36 Å². The molecule has 7 heteroatoms. The molecule has 15 heavy (non-hydrogen) atoms. The van der Waals surface area contributed by atoms with Crippen LogP contribution in [0.1, 0.15) is 0 Å². The normalized spacial score (nSPS) is 14.5. The first-order valence-electron chi connectivity index (χ1n) is 4.08. The van der Waals surface area contributed by atoms with Gasteiger partial charge in [-0.25, -0.2) is 5.09 Å². The van der Waals surface area contributed by atoms with Gasteiger partial charge < -0.3 is 15.7 Å². The van der Waals surface area contributed by atoms with Crippen LogP contribution in [0, 0.1) is 0 Å². The lowest BCUT2D eigenvalue weighted by molar-refractivity contribution is -0.135. The third kappa shape index (κ3) is 3.06. The maximum atomic E-state index is 11.6. The largest absolute Gasteiger partial charge is 0.480 e. The molecule has 0 saturated heterocycles. The fraction of sp³-hybridized carbons (Fsp3) is 0.125. The minimum atomic E-state index is -3.89.